The van der Waals surface area contributed by atoms with Crippen LogP contribution in [0, 0.1) is 0 Å². The first-order valence-corrected chi connectivity index (χ1v) is 12.7. The van der Waals surface area contributed by atoms with Gasteiger partial charge in [-0.3, -0.25) is 0 Å². The van der Waals surface area contributed by atoms with E-state index in [9.17, 15) is 13.2 Å². The van der Waals surface area contributed by atoms with Crippen molar-refractivity contribution >= 4 is 28.5 Å². The summed E-state index contributed by atoms with van der Waals surface area (Å²) in [5.74, 6) is -0.248. The van der Waals surface area contributed by atoms with Crippen LogP contribution in [0.2, 0.25) is 0 Å². The predicted octanol–water partition coefficient (Wildman–Crippen LogP) is 2.34. The number of carbonyl (C=O) groups is 1. The predicted molar refractivity (Wildman–Crippen MR) is 120 cm³/mol. The first kappa shape index (κ1) is 24.9. The Hall–Kier alpha value is -1.72. The molecule has 0 bridgehead atoms. The number of aromatic nitrogens is 2. The zero-order chi connectivity index (χ0) is 23.9. The minimum Gasteiger partial charge on any atom is -0.444 e. The van der Waals surface area contributed by atoms with Crippen LogP contribution in [-0.4, -0.2) is 71.6 Å². The van der Waals surface area contributed by atoms with Gasteiger partial charge in [0.15, 0.2) is 0 Å². The molecular weight excluding hydrogens is 433 g/mol. The molecule has 0 aromatic carbocycles. The van der Waals surface area contributed by atoms with Crippen LogP contribution in [0.25, 0.3) is 0 Å². The second kappa shape index (κ2) is 8.57. The van der Waals surface area contributed by atoms with Gasteiger partial charge in [0, 0.05) is 30.4 Å². The summed E-state index contributed by atoms with van der Waals surface area (Å²) >= 11 is 0. The largest absolute Gasteiger partial charge is 0.498 e. The summed E-state index contributed by atoms with van der Waals surface area (Å²) in [4.78, 5) is 22.3. The lowest BCUT2D eigenvalue weighted by atomic mass is 9.81. The van der Waals surface area contributed by atoms with Crippen molar-refractivity contribution in [3.05, 3.63) is 12.4 Å². The minimum absolute atomic E-state index is 0.248. The van der Waals surface area contributed by atoms with Crippen LogP contribution in [0.15, 0.2) is 17.6 Å². The van der Waals surface area contributed by atoms with Gasteiger partial charge in [0.1, 0.15) is 5.60 Å². The molecule has 1 amide bonds. The SMILES string of the molecule is CC(C)(C)OC(=O)N1CCCCC1CS(=O)(=O)c1ncc(B2OC(C)(C)C(C)(C)O2)cn1. The molecule has 1 atom stereocenters. The van der Waals surface area contributed by atoms with Gasteiger partial charge < -0.3 is 18.9 Å². The van der Waals surface area contributed by atoms with Crippen LogP contribution < -0.4 is 5.46 Å². The summed E-state index contributed by atoms with van der Waals surface area (Å²) in [5, 5.41) is -0.271. The fraction of sp³-hybridized carbons (Fsp3) is 0.762. The highest BCUT2D eigenvalue weighted by Gasteiger charge is 2.52. The van der Waals surface area contributed by atoms with Gasteiger partial charge in [-0.1, -0.05) is 0 Å². The van der Waals surface area contributed by atoms with E-state index in [1.54, 1.807) is 20.8 Å². The number of likely N-dealkylation sites (tertiary alicyclic amines) is 1. The molecule has 2 fully saturated rings. The standard InChI is InChI=1S/C21H34BN3O6S/c1-19(2,3)29-18(26)25-11-9-8-10-16(25)14-32(27,28)17-23-12-15(13-24-17)22-30-20(4,5)21(6,7)31-22/h12-13,16H,8-11,14H2,1-7H3. The van der Waals surface area contributed by atoms with Crippen molar-refractivity contribution in [2.24, 2.45) is 0 Å². The summed E-state index contributed by atoms with van der Waals surface area (Å²) in [5.41, 5.74) is -1.14. The molecule has 1 aromatic rings. The molecule has 1 unspecified atom stereocenters. The highest BCUT2D eigenvalue weighted by molar-refractivity contribution is 7.91. The molecule has 11 heteroatoms. The van der Waals surface area contributed by atoms with Crippen LogP contribution in [0.5, 0.6) is 0 Å². The average Bonchev–Trinajstić information content (AvgIpc) is 2.88. The molecule has 32 heavy (non-hydrogen) atoms. The smallest absolute Gasteiger partial charge is 0.444 e. The average molecular weight is 467 g/mol. The topological polar surface area (TPSA) is 108 Å². The van der Waals surface area contributed by atoms with Crippen molar-refractivity contribution in [2.45, 2.75) is 95.7 Å². The van der Waals surface area contributed by atoms with Crippen molar-refractivity contribution in [2.75, 3.05) is 12.3 Å². The summed E-state index contributed by atoms with van der Waals surface area (Å²) in [7, 11) is -4.48. The lowest BCUT2D eigenvalue weighted by molar-refractivity contribution is 0.00578. The van der Waals surface area contributed by atoms with Crippen LogP contribution in [0.4, 0.5) is 4.79 Å². The van der Waals surface area contributed by atoms with Crippen LogP contribution in [-0.2, 0) is 23.9 Å². The Morgan fingerprint density at radius 3 is 2.25 bits per heavy atom. The quantitative estimate of drug-likeness (QED) is 0.491. The molecule has 3 heterocycles. The van der Waals surface area contributed by atoms with Gasteiger partial charge in [-0.05, 0) is 67.7 Å². The molecule has 2 aliphatic rings. The Morgan fingerprint density at radius 2 is 1.72 bits per heavy atom. The van der Waals surface area contributed by atoms with Gasteiger partial charge in [0.05, 0.1) is 17.0 Å². The number of piperidine rings is 1. The fourth-order valence-corrected chi connectivity index (χ4v) is 5.08. The molecule has 178 valence electrons. The second-order valence-electron chi connectivity index (χ2n) is 10.5. The number of rotatable bonds is 4. The summed E-state index contributed by atoms with van der Waals surface area (Å²) in [6.07, 6.45) is 4.61. The van der Waals surface area contributed by atoms with E-state index in [-0.39, 0.29) is 10.9 Å². The van der Waals surface area contributed by atoms with E-state index < -0.39 is 45.9 Å². The maximum Gasteiger partial charge on any atom is 0.498 e. The van der Waals surface area contributed by atoms with Crippen LogP contribution >= 0.6 is 0 Å². The maximum atomic E-state index is 13.0. The molecule has 1 aromatic heterocycles. The highest BCUT2D eigenvalue weighted by Crippen LogP contribution is 2.36. The van der Waals surface area contributed by atoms with E-state index in [0.29, 0.717) is 18.4 Å². The first-order chi connectivity index (χ1) is 14.6. The second-order valence-corrected chi connectivity index (χ2v) is 12.4. The lowest BCUT2D eigenvalue weighted by Crippen LogP contribution is -2.49. The summed E-state index contributed by atoms with van der Waals surface area (Å²) in [6.45, 7) is 13.6. The molecule has 2 aliphatic heterocycles. The van der Waals surface area contributed by atoms with Gasteiger partial charge >= 0.3 is 13.2 Å². The number of sulfone groups is 1. The van der Waals surface area contributed by atoms with Crippen molar-refractivity contribution in [1.29, 1.82) is 0 Å². The molecule has 0 radical (unpaired) electrons. The van der Waals surface area contributed by atoms with E-state index in [1.165, 1.54) is 17.3 Å². The number of hydrogen-bond acceptors (Lipinski definition) is 8. The van der Waals surface area contributed by atoms with Crippen molar-refractivity contribution in [1.82, 2.24) is 14.9 Å². The zero-order valence-corrected chi connectivity index (χ0v) is 20.9. The summed E-state index contributed by atoms with van der Waals surface area (Å²) in [6, 6.07) is -0.477. The first-order valence-electron chi connectivity index (χ1n) is 11.0. The normalized spacial score (nSPS) is 23.3. The number of nitrogens with zero attached hydrogens (tertiary/aromatic N) is 3. The molecule has 0 saturated carbocycles. The molecule has 9 nitrogen and oxygen atoms in total. The van der Waals surface area contributed by atoms with E-state index in [1.807, 2.05) is 27.7 Å². The van der Waals surface area contributed by atoms with Gasteiger partial charge in [0.25, 0.3) is 0 Å². The van der Waals surface area contributed by atoms with Gasteiger partial charge in [0.2, 0.25) is 15.0 Å². The van der Waals surface area contributed by atoms with E-state index >= 15 is 0 Å². The third-order valence-corrected chi connectivity index (χ3v) is 7.71. The lowest BCUT2D eigenvalue weighted by Gasteiger charge is -2.36. The van der Waals surface area contributed by atoms with Gasteiger partial charge in [-0.2, -0.15) is 0 Å². The van der Waals surface area contributed by atoms with Crippen molar-refractivity contribution in [3.8, 4) is 0 Å². The Morgan fingerprint density at radius 1 is 1.16 bits per heavy atom. The molecular formula is C21H34BN3O6S. The van der Waals surface area contributed by atoms with E-state index in [4.69, 9.17) is 14.0 Å². The van der Waals surface area contributed by atoms with Gasteiger partial charge in [-0.15, -0.1) is 0 Å². The summed E-state index contributed by atoms with van der Waals surface area (Å²) < 4.78 is 43.5. The van der Waals surface area contributed by atoms with E-state index in [0.717, 1.165) is 12.8 Å². The van der Waals surface area contributed by atoms with Crippen molar-refractivity contribution < 1.29 is 27.3 Å². The Balaban J connectivity index is 1.73. The molecule has 0 aliphatic carbocycles. The Bertz CT molecular complexity index is 927. The molecule has 0 spiro atoms. The number of amides is 1. The third-order valence-electron chi connectivity index (χ3n) is 6.12. The number of ether oxygens (including phenoxy) is 1. The highest BCUT2D eigenvalue weighted by atomic mass is 32.2. The monoisotopic (exact) mass is 467 g/mol. The third kappa shape index (κ3) is 5.43. The Kier molecular flexibility index (Phi) is 6.67. The fourth-order valence-electron chi connectivity index (χ4n) is 3.65. The molecule has 3 rings (SSSR count). The molecule has 2 saturated heterocycles. The zero-order valence-electron chi connectivity index (χ0n) is 20.0. The molecule has 0 N–H and O–H groups in total. The van der Waals surface area contributed by atoms with E-state index in [2.05, 4.69) is 9.97 Å². The number of hydrogen-bond donors (Lipinski definition) is 0. The minimum atomic E-state index is -3.81. The number of carbonyl (C=O) groups excluding carboxylic acids is 1. The Labute approximate surface area is 191 Å². The van der Waals surface area contributed by atoms with Crippen molar-refractivity contribution in [3.63, 3.8) is 0 Å². The van der Waals surface area contributed by atoms with Crippen LogP contribution in [0.3, 0.4) is 0 Å². The van der Waals surface area contributed by atoms with Gasteiger partial charge in [-0.25, -0.2) is 23.2 Å². The maximum absolute atomic E-state index is 13.0. The van der Waals surface area contributed by atoms with Crippen LogP contribution in [0.1, 0.15) is 67.7 Å².